The Morgan fingerprint density at radius 1 is 1.43 bits per heavy atom. The summed E-state index contributed by atoms with van der Waals surface area (Å²) >= 11 is 7.55. The van der Waals surface area contributed by atoms with Crippen molar-refractivity contribution in [1.29, 1.82) is 0 Å². The van der Waals surface area contributed by atoms with Crippen LogP contribution in [0.1, 0.15) is 29.8 Å². The predicted molar refractivity (Wildman–Crippen MR) is 88.3 cm³/mol. The quantitative estimate of drug-likeness (QED) is 0.812. The Hall–Kier alpha value is -1.08. The van der Waals surface area contributed by atoms with Crippen molar-refractivity contribution in [2.24, 2.45) is 0 Å². The molecule has 21 heavy (non-hydrogen) atoms. The summed E-state index contributed by atoms with van der Waals surface area (Å²) < 4.78 is 27.7. The molecule has 0 bridgehead atoms. The lowest BCUT2D eigenvalue weighted by molar-refractivity contribution is 0.553. The Bertz CT molecular complexity index is 704. The van der Waals surface area contributed by atoms with Gasteiger partial charge in [-0.2, -0.15) is 0 Å². The van der Waals surface area contributed by atoms with Crippen LogP contribution in [0.15, 0.2) is 34.5 Å². The predicted octanol–water partition coefficient (Wildman–Crippen LogP) is 3.72. The molecule has 0 aliphatic carbocycles. The molecule has 2 aromatic rings. The highest BCUT2D eigenvalue weighted by Gasteiger charge is 2.22. The fourth-order valence-corrected chi connectivity index (χ4v) is 4.50. The van der Waals surface area contributed by atoms with Gasteiger partial charge in [0.1, 0.15) is 0 Å². The van der Waals surface area contributed by atoms with E-state index in [0.717, 1.165) is 4.88 Å². The lowest BCUT2D eigenvalue weighted by Gasteiger charge is -2.16. The van der Waals surface area contributed by atoms with Crippen LogP contribution in [-0.2, 0) is 10.0 Å². The number of hydrogen-bond donors (Lipinski definition) is 2. The van der Waals surface area contributed by atoms with Gasteiger partial charge in [0.05, 0.1) is 10.9 Å². The van der Waals surface area contributed by atoms with Gasteiger partial charge in [0.2, 0.25) is 10.0 Å². The van der Waals surface area contributed by atoms with Crippen LogP contribution in [0.4, 0.5) is 5.69 Å². The number of benzene rings is 1. The molecule has 1 aromatic heterocycles. The second-order valence-electron chi connectivity index (χ2n) is 4.72. The topological polar surface area (TPSA) is 72.2 Å². The molecular formula is C14H17ClN2O2S2. The number of hydrogen-bond acceptors (Lipinski definition) is 4. The molecule has 1 aromatic carbocycles. The van der Waals surface area contributed by atoms with Crippen LogP contribution in [0.2, 0.25) is 5.02 Å². The lowest BCUT2D eigenvalue weighted by Crippen LogP contribution is -2.28. The van der Waals surface area contributed by atoms with E-state index < -0.39 is 10.0 Å². The molecule has 3 N–H and O–H groups in total. The van der Waals surface area contributed by atoms with Crippen molar-refractivity contribution in [3.05, 3.63) is 45.1 Å². The minimum absolute atomic E-state index is 0.0885. The van der Waals surface area contributed by atoms with Crippen LogP contribution in [0, 0.1) is 6.92 Å². The van der Waals surface area contributed by atoms with E-state index in [1.807, 2.05) is 24.4 Å². The maximum absolute atomic E-state index is 12.5. The number of halogens is 1. The third-order valence-electron chi connectivity index (χ3n) is 3.26. The molecule has 0 spiro atoms. The van der Waals surface area contributed by atoms with Gasteiger partial charge in [0, 0.05) is 15.6 Å². The summed E-state index contributed by atoms with van der Waals surface area (Å²) in [7, 11) is -3.67. The van der Waals surface area contributed by atoms with Crippen molar-refractivity contribution >= 4 is 38.6 Å². The van der Waals surface area contributed by atoms with E-state index in [4.69, 9.17) is 17.3 Å². The third kappa shape index (κ3) is 3.58. The van der Waals surface area contributed by atoms with Crippen molar-refractivity contribution in [1.82, 2.24) is 4.72 Å². The Labute approximate surface area is 134 Å². The first-order valence-electron chi connectivity index (χ1n) is 6.46. The number of sulfonamides is 1. The van der Waals surface area contributed by atoms with E-state index in [0.29, 0.717) is 22.7 Å². The van der Waals surface area contributed by atoms with Crippen LogP contribution in [0.3, 0.4) is 0 Å². The highest BCUT2D eigenvalue weighted by molar-refractivity contribution is 7.89. The monoisotopic (exact) mass is 344 g/mol. The van der Waals surface area contributed by atoms with Crippen molar-refractivity contribution < 1.29 is 8.42 Å². The molecule has 2 rings (SSSR count). The molecule has 1 unspecified atom stereocenters. The minimum Gasteiger partial charge on any atom is -0.398 e. The van der Waals surface area contributed by atoms with E-state index >= 15 is 0 Å². The van der Waals surface area contributed by atoms with Gasteiger partial charge in [-0.3, -0.25) is 0 Å². The van der Waals surface area contributed by atoms with Gasteiger partial charge >= 0.3 is 0 Å². The van der Waals surface area contributed by atoms with Crippen LogP contribution >= 0.6 is 22.9 Å². The highest BCUT2D eigenvalue weighted by Crippen LogP contribution is 2.28. The number of thiophene rings is 1. The molecule has 0 radical (unpaired) electrons. The molecule has 0 saturated carbocycles. The van der Waals surface area contributed by atoms with Gasteiger partial charge in [-0.25, -0.2) is 13.1 Å². The van der Waals surface area contributed by atoms with Crippen LogP contribution < -0.4 is 10.5 Å². The van der Waals surface area contributed by atoms with E-state index in [1.54, 1.807) is 6.92 Å². The SMILES string of the molecule is CCC(NS(=O)(=O)c1cc(N)c(C)c(Cl)c1)c1cccs1. The molecule has 1 heterocycles. The van der Waals surface area contributed by atoms with Crippen molar-refractivity contribution in [3.8, 4) is 0 Å². The van der Waals surface area contributed by atoms with Gasteiger partial charge in [-0.1, -0.05) is 24.6 Å². The summed E-state index contributed by atoms with van der Waals surface area (Å²) in [6, 6.07) is 6.42. The van der Waals surface area contributed by atoms with Gasteiger partial charge < -0.3 is 5.73 Å². The fraction of sp³-hybridized carbons (Fsp3) is 0.286. The molecule has 0 fully saturated rings. The molecule has 0 aliphatic rings. The molecule has 0 saturated heterocycles. The normalized spacial score (nSPS) is 13.3. The van der Waals surface area contributed by atoms with Gasteiger partial charge in [0.15, 0.2) is 0 Å². The summed E-state index contributed by atoms with van der Waals surface area (Å²) in [6.07, 6.45) is 0.662. The van der Waals surface area contributed by atoms with Gasteiger partial charge in [-0.15, -0.1) is 11.3 Å². The largest absolute Gasteiger partial charge is 0.398 e. The van der Waals surface area contributed by atoms with Crippen LogP contribution in [-0.4, -0.2) is 8.42 Å². The van der Waals surface area contributed by atoms with Gasteiger partial charge in [0.25, 0.3) is 0 Å². The molecule has 114 valence electrons. The number of anilines is 1. The fourth-order valence-electron chi connectivity index (χ4n) is 1.92. The number of rotatable bonds is 5. The Kier molecular flexibility index (Phi) is 4.93. The first-order chi connectivity index (χ1) is 9.85. The van der Waals surface area contributed by atoms with E-state index in [9.17, 15) is 8.42 Å². The summed E-state index contributed by atoms with van der Waals surface area (Å²) in [5.41, 5.74) is 6.85. The zero-order valence-corrected chi connectivity index (χ0v) is 14.1. The van der Waals surface area contributed by atoms with E-state index in [-0.39, 0.29) is 10.9 Å². The number of nitrogens with two attached hydrogens (primary N) is 1. The molecule has 4 nitrogen and oxygen atoms in total. The minimum atomic E-state index is -3.67. The maximum Gasteiger partial charge on any atom is 0.241 e. The van der Waals surface area contributed by atoms with E-state index in [1.165, 1.54) is 23.5 Å². The smallest absolute Gasteiger partial charge is 0.241 e. The third-order valence-corrected chi connectivity index (χ3v) is 6.09. The van der Waals surface area contributed by atoms with Crippen molar-refractivity contribution in [3.63, 3.8) is 0 Å². The standard InChI is InChI=1S/C14H17ClN2O2S2/c1-3-13(14-5-4-6-20-14)17-21(18,19)10-7-11(15)9(2)12(16)8-10/h4-8,13,17H,3,16H2,1-2H3. The van der Waals surface area contributed by atoms with Crippen molar-refractivity contribution in [2.45, 2.75) is 31.2 Å². The second kappa shape index (κ2) is 6.36. The first kappa shape index (κ1) is 16.3. The molecule has 7 heteroatoms. The Morgan fingerprint density at radius 2 is 2.14 bits per heavy atom. The zero-order valence-electron chi connectivity index (χ0n) is 11.8. The first-order valence-corrected chi connectivity index (χ1v) is 9.20. The lowest BCUT2D eigenvalue weighted by atomic mass is 10.2. The Morgan fingerprint density at radius 3 is 2.67 bits per heavy atom. The molecule has 0 aliphatic heterocycles. The summed E-state index contributed by atoms with van der Waals surface area (Å²) in [5, 5.41) is 2.27. The number of nitrogens with one attached hydrogen (secondary N) is 1. The highest BCUT2D eigenvalue weighted by atomic mass is 35.5. The Balaban J connectivity index is 2.34. The maximum atomic E-state index is 12.5. The van der Waals surface area contributed by atoms with Gasteiger partial charge in [-0.05, 0) is 42.5 Å². The second-order valence-corrected chi connectivity index (χ2v) is 7.82. The van der Waals surface area contributed by atoms with Crippen LogP contribution in [0.5, 0.6) is 0 Å². The number of nitrogen functional groups attached to an aromatic ring is 1. The average molecular weight is 345 g/mol. The summed E-state index contributed by atoms with van der Waals surface area (Å²) in [4.78, 5) is 1.07. The van der Waals surface area contributed by atoms with E-state index in [2.05, 4.69) is 4.72 Å². The van der Waals surface area contributed by atoms with Crippen LogP contribution in [0.25, 0.3) is 0 Å². The van der Waals surface area contributed by atoms with Crippen molar-refractivity contribution in [2.75, 3.05) is 5.73 Å². The molecule has 0 amide bonds. The summed E-state index contributed by atoms with van der Waals surface area (Å²) in [5.74, 6) is 0. The average Bonchev–Trinajstić information content (AvgIpc) is 2.95. The molecular weight excluding hydrogens is 328 g/mol. The summed E-state index contributed by atoms with van der Waals surface area (Å²) in [6.45, 7) is 3.69. The molecule has 1 atom stereocenters. The zero-order chi connectivity index (χ0) is 15.6.